The van der Waals surface area contributed by atoms with Crippen LogP contribution in [0, 0.1) is 10.1 Å². The highest BCUT2D eigenvalue weighted by Crippen LogP contribution is 2.41. The maximum Gasteiger partial charge on any atom is 0.338 e. The number of nitro groups is 1. The molecule has 156 valence electrons. The van der Waals surface area contributed by atoms with Gasteiger partial charge in [-0.05, 0) is 24.1 Å². The quantitative estimate of drug-likeness (QED) is 0.376. The number of amides is 2. The first-order valence-electron chi connectivity index (χ1n) is 8.96. The summed E-state index contributed by atoms with van der Waals surface area (Å²) in [5.41, 5.74) is 0.368. The van der Waals surface area contributed by atoms with Crippen LogP contribution >= 0.6 is 0 Å². The third-order valence-corrected chi connectivity index (χ3v) is 4.45. The van der Waals surface area contributed by atoms with Gasteiger partial charge in [-0.25, -0.2) is 9.59 Å². The van der Waals surface area contributed by atoms with E-state index in [9.17, 15) is 24.8 Å². The van der Waals surface area contributed by atoms with Crippen LogP contribution in [0.4, 0.5) is 10.5 Å². The van der Waals surface area contributed by atoms with Crippen LogP contribution < -0.4 is 15.4 Å². The largest absolute Gasteiger partial charge is 0.500 e. The second-order valence-corrected chi connectivity index (χ2v) is 6.25. The van der Waals surface area contributed by atoms with E-state index in [0.29, 0.717) is 5.56 Å². The van der Waals surface area contributed by atoms with Crippen molar-refractivity contribution < 1.29 is 29.1 Å². The van der Waals surface area contributed by atoms with Gasteiger partial charge in [0.2, 0.25) is 5.75 Å². The normalized spacial score (nSPS) is 15.8. The highest BCUT2D eigenvalue weighted by molar-refractivity contribution is 6.04. The summed E-state index contributed by atoms with van der Waals surface area (Å²) < 4.78 is 10.2. The first-order valence-corrected chi connectivity index (χ1v) is 8.96. The SMILES string of the molecule is CCOc1cc(C2NC(=O)NC(c3ccccc3)=C2C(=O)OC)cc([N+](=O)[O-])c1O. The number of nitrogens with one attached hydrogen (secondary N) is 2. The van der Waals surface area contributed by atoms with Gasteiger partial charge >= 0.3 is 17.7 Å². The second kappa shape index (κ2) is 8.52. The summed E-state index contributed by atoms with van der Waals surface area (Å²) in [6, 6.07) is 9.38. The van der Waals surface area contributed by atoms with Crippen molar-refractivity contribution in [2.45, 2.75) is 13.0 Å². The summed E-state index contributed by atoms with van der Waals surface area (Å²) in [5.74, 6) is -1.52. The van der Waals surface area contributed by atoms with Crippen molar-refractivity contribution in [2.75, 3.05) is 13.7 Å². The van der Waals surface area contributed by atoms with Gasteiger partial charge in [0.1, 0.15) is 0 Å². The van der Waals surface area contributed by atoms with Crippen LogP contribution in [0.25, 0.3) is 5.70 Å². The number of benzene rings is 2. The number of rotatable bonds is 6. The molecule has 3 rings (SSSR count). The Kier molecular flexibility index (Phi) is 5.86. The van der Waals surface area contributed by atoms with E-state index in [1.165, 1.54) is 13.2 Å². The molecular weight excluding hydrogens is 394 g/mol. The molecule has 1 heterocycles. The molecule has 1 atom stereocenters. The minimum atomic E-state index is -1.08. The summed E-state index contributed by atoms with van der Waals surface area (Å²) in [7, 11) is 1.19. The number of carbonyl (C=O) groups excluding carboxylic acids is 2. The highest BCUT2D eigenvalue weighted by Gasteiger charge is 2.36. The molecule has 30 heavy (non-hydrogen) atoms. The van der Waals surface area contributed by atoms with Gasteiger partial charge in [-0.2, -0.15) is 0 Å². The average Bonchev–Trinajstić information content (AvgIpc) is 2.74. The fourth-order valence-corrected chi connectivity index (χ4v) is 3.16. The number of nitro benzene ring substituents is 1. The molecule has 3 N–H and O–H groups in total. The lowest BCUT2D eigenvalue weighted by Gasteiger charge is -2.29. The molecule has 10 nitrogen and oxygen atoms in total. The van der Waals surface area contributed by atoms with E-state index in [4.69, 9.17) is 9.47 Å². The van der Waals surface area contributed by atoms with Crippen LogP contribution in [0.1, 0.15) is 24.1 Å². The molecule has 1 unspecified atom stereocenters. The van der Waals surface area contributed by atoms with Crippen LogP contribution in [0.15, 0.2) is 48.0 Å². The van der Waals surface area contributed by atoms with E-state index in [2.05, 4.69) is 10.6 Å². The Hall–Kier alpha value is -4.08. The van der Waals surface area contributed by atoms with Gasteiger partial charge in [0, 0.05) is 6.07 Å². The average molecular weight is 413 g/mol. The molecule has 0 saturated heterocycles. The van der Waals surface area contributed by atoms with Crippen LogP contribution in [0.2, 0.25) is 0 Å². The lowest BCUT2D eigenvalue weighted by molar-refractivity contribution is -0.386. The van der Waals surface area contributed by atoms with Crippen LogP contribution in [0.5, 0.6) is 11.5 Å². The monoisotopic (exact) mass is 413 g/mol. The third-order valence-electron chi connectivity index (χ3n) is 4.45. The van der Waals surface area contributed by atoms with Crippen molar-refractivity contribution in [1.29, 1.82) is 0 Å². The predicted octanol–water partition coefficient (Wildman–Crippen LogP) is 2.64. The number of phenols is 1. The fourth-order valence-electron chi connectivity index (χ4n) is 3.16. The lowest BCUT2D eigenvalue weighted by atomic mass is 9.92. The van der Waals surface area contributed by atoms with Gasteiger partial charge in [-0.15, -0.1) is 0 Å². The first-order chi connectivity index (χ1) is 14.4. The summed E-state index contributed by atoms with van der Waals surface area (Å²) in [5, 5.41) is 26.8. The maximum atomic E-state index is 12.7. The third kappa shape index (κ3) is 3.88. The summed E-state index contributed by atoms with van der Waals surface area (Å²) in [6.45, 7) is 1.79. The number of aromatic hydroxyl groups is 1. The van der Waals surface area contributed by atoms with E-state index in [1.54, 1.807) is 37.3 Å². The van der Waals surface area contributed by atoms with Crippen LogP contribution in [0.3, 0.4) is 0 Å². The summed E-state index contributed by atoms with van der Waals surface area (Å²) >= 11 is 0. The van der Waals surface area contributed by atoms with Gasteiger partial charge in [-0.1, -0.05) is 30.3 Å². The van der Waals surface area contributed by atoms with Gasteiger partial charge < -0.3 is 25.2 Å². The Morgan fingerprint density at radius 3 is 2.57 bits per heavy atom. The number of methoxy groups -OCH3 is 1. The smallest absolute Gasteiger partial charge is 0.338 e. The molecule has 0 fully saturated rings. The van der Waals surface area contributed by atoms with Gasteiger partial charge in [0.25, 0.3) is 0 Å². The van der Waals surface area contributed by atoms with E-state index in [-0.39, 0.29) is 29.2 Å². The fraction of sp³-hybridized carbons (Fsp3) is 0.200. The van der Waals surface area contributed by atoms with Crippen molar-refractivity contribution in [2.24, 2.45) is 0 Å². The Morgan fingerprint density at radius 2 is 1.97 bits per heavy atom. The molecule has 0 aromatic heterocycles. The van der Waals surface area contributed by atoms with Crippen molar-refractivity contribution in [3.63, 3.8) is 0 Å². The molecule has 1 aliphatic heterocycles. The number of carbonyl (C=O) groups is 2. The molecule has 0 saturated carbocycles. The first kappa shape index (κ1) is 20.6. The van der Waals surface area contributed by atoms with E-state index in [1.807, 2.05) is 0 Å². The van der Waals surface area contributed by atoms with Crippen molar-refractivity contribution in [3.8, 4) is 11.5 Å². The number of hydrogen-bond acceptors (Lipinski definition) is 7. The molecule has 0 bridgehead atoms. The van der Waals surface area contributed by atoms with Crippen molar-refractivity contribution in [1.82, 2.24) is 10.6 Å². The Morgan fingerprint density at radius 1 is 1.27 bits per heavy atom. The van der Waals surface area contributed by atoms with E-state index in [0.717, 1.165) is 6.07 Å². The molecule has 2 aromatic carbocycles. The number of esters is 1. The topological polar surface area (TPSA) is 140 Å². The summed E-state index contributed by atoms with van der Waals surface area (Å²) in [4.78, 5) is 35.7. The zero-order valence-electron chi connectivity index (χ0n) is 16.2. The molecule has 0 radical (unpaired) electrons. The maximum absolute atomic E-state index is 12.7. The molecule has 2 aromatic rings. The molecular formula is C20H19N3O7. The molecule has 0 spiro atoms. The van der Waals surface area contributed by atoms with Gasteiger partial charge in [0.05, 0.1) is 36.0 Å². The number of nitrogens with zero attached hydrogens (tertiary/aromatic N) is 1. The molecule has 10 heteroatoms. The van der Waals surface area contributed by atoms with Crippen LogP contribution in [-0.4, -0.2) is 35.7 Å². The van der Waals surface area contributed by atoms with Crippen LogP contribution in [-0.2, 0) is 9.53 Å². The highest BCUT2D eigenvalue weighted by atomic mass is 16.6. The van der Waals surface area contributed by atoms with Gasteiger partial charge in [0.15, 0.2) is 5.75 Å². The van der Waals surface area contributed by atoms with Crippen molar-refractivity contribution in [3.05, 3.63) is 69.3 Å². The zero-order chi connectivity index (χ0) is 21.8. The second-order valence-electron chi connectivity index (χ2n) is 6.25. The Balaban J connectivity index is 2.26. The van der Waals surface area contributed by atoms with Gasteiger partial charge in [-0.3, -0.25) is 10.1 Å². The molecule has 1 aliphatic rings. The Bertz CT molecular complexity index is 1030. The lowest BCUT2D eigenvalue weighted by Crippen LogP contribution is -2.45. The summed E-state index contributed by atoms with van der Waals surface area (Å²) in [6.07, 6.45) is 0. The zero-order valence-corrected chi connectivity index (χ0v) is 16.2. The number of phenolic OH excluding ortho intramolecular Hbond substituents is 1. The number of hydrogen-bond donors (Lipinski definition) is 3. The van der Waals surface area contributed by atoms with Crippen molar-refractivity contribution >= 4 is 23.4 Å². The van der Waals surface area contributed by atoms with E-state index >= 15 is 0 Å². The molecule has 2 amide bonds. The number of ether oxygens (including phenoxy) is 2. The minimum absolute atomic E-state index is 0.0470. The number of urea groups is 1. The predicted molar refractivity (Wildman–Crippen MR) is 106 cm³/mol. The van der Waals surface area contributed by atoms with E-state index < -0.39 is 34.4 Å². The Labute approximate surface area is 171 Å². The molecule has 0 aliphatic carbocycles. The standard InChI is InChI=1S/C20H19N3O7/c1-3-30-14-10-12(9-13(18(14)24)23(27)28)17-15(19(25)29-2)16(21-20(26)22-17)11-7-5-4-6-8-11/h4-10,17,24H,3H2,1-2H3,(H2,21,22,26). The minimum Gasteiger partial charge on any atom is -0.500 e.